The SMILES string of the molecule is COCCN(Cc1ccccc1C)C1CC(C(=O)NCC2CCCC(CN)C2)N(C(=O)c2cccc(OC)c2)C1. The molecule has 1 saturated heterocycles. The summed E-state index contributed by atoms with van der Waals surface area (Å²) in [5.41, 5.74) is 8.93. The number of nitrogens with zero attached hydrogens (tertiary/aromatic N) is 2. The van der Waals surface area contributed by atoms with Crippen LogP contribution in [-0.4, -0.2) is 80.7 Å². The van der Waals surface area contributed by atoms with Crippen LogP contribution in [0.15, 0.2) is 48.5 Å². The molecule has 0 radical (unpaired) electrons. The number of hydrogen-bond donors (Lipinski definition) is 2. The first-order valence-electron chi connectivity index (χ1n) is 14.6. The second-order valence-electron chi connectivity index (χ2n) is 11.4. The Kier molecular flexibility index (Phi) is 11.0. The van der Waals surface area contributed by atoms with Gasteiger partial charge in [0.1, 0.15) is 11.8 Å². The molecule has 4 rings (SSSR count). The van der Waals surface area contributed by atoms with Gasteiger partial charge in [-0.3, -0.25) is 14.5 Å². The maximum absolute atomic E-state index is 13.8. The lowest BCUT2D eigenvalue weighted by Gasteiger charge is -2.29. The molecule has 218 valence electrons. The van der Waals surface area contributed by atoms with E-state index in [9.17, 15) is 9.59 Å². The van der Waals surface area contributed by atoms with Crippen LogP contribution >= 0.6 is 0 Å². The highest BCUT2D eigenvalue weighted by Gasteiger charge is 2.42. The summed E-state index contributed by atoms with van der Waals surface area (Å²) < 4.78 is 10.8. The minimum absolute atomic E-state index is 0.0244. The molecular weight excluding hydrogens is 504 g/mol. The van der Waals surface area contributed by atoms with Crippen LogP contribution in [0.25, 0.3) is 0 Å². The van der Waals surface area contributed by atoms with E-state index in [-0.39, 0.29) is 17.9 Å². The Bertz CT molecular complexity index is 1130. The van der Waals surface area contributed by atoms with Gasteiger partial charge in [-0.2, -0.15) is 0 Å². The van der Waals surface area contributed by atoms with Gasteiger partial charge in [-0.05, 0) is 80.3 Å². The number of methoxy groups -OCH3 is 2. The van der Waals surface area contributed by atoms with Crippen molar-refractivity contribution in [2.24, 2.45) is 17.6 Å². The van der Waals surface area contributed by atoms with Crippen molar-refractivity contribution < 1.29 is 19.1 Å². The van der Waals surface area contributed by atoms with Gasteiger partial charge in [0.2, 0.25) is 5.91 Å². The Morgan fingerprint density at radius 3 is 2.62 bits per heavy atom. The monoisotopic (exact) mass is 550 g/mol. The summed E-state index contributed by atoms with van der Waals surface area (Å²) in [5.74, 6) is 1.37. The minimum Gasteiger partial charge on any atom is -0.497 e. The van der Waals surface area contributed by atoms with Crippen LogP contribution in [0.5, 0.6) is 5.75 Å². The van der Waals surface area contributed by atoms with Crippen molar-refractivity contribution in [2.75, 3.05) is 47.0 Å². The molecule has 0 spiro atoms. The summed E-state index contributed by atoms with van der Waals surface area (Å²) >= 11 is 0. The molecule has 3 N–H and O–H groups in total. The van der Waals surface area contributed by atoms with Crippen LogP contribution < -0.4 is 15.8 Å². The third-order valence-electron chi connectivity index (χ3n) is 8.68. The first-order chi connectivity index (χ1) is 19.4. The summed E-state index contributed by atoms with van der Waals surface area (Å²) in [6.45, 7) is 5.96. The van der Waals surface area contributed by atoms with E-state index in [1.54, 1.807) is 31.3 Å². The number of aryl methyl sites for hydroxylation is 1. The molecule has 8 heteroatoms. The third kappa shape index (κ3) is 7.62. The summed E-state index contributed by atoms with van der Waals surface area (Å²) in [6.07, 6.45) is 5.07. The molecule has 0 aromatic heterocycles. The molecule has 1 aliphatic heterocycles. The van der Waals surface area contributed by atoms with E-state index in [0.717, 1.165) is 25.8 Å². The van der Waals surface area contributed by atoms with Crippen LogP contribution in [0.4, 0.5) is 0 Å². The number of carbonyl (C=O) groups is 2. The van der Waals surface area contributed by atoms with E-state index in [1.807, 2.05) is 18.2 Å². The number of likely N-dealkylation sites (tertiary alicyclic amines) is 1. The second-order valence-corrected chi connectivity index (χ2v) is 11.4. The normalized spacial score (nSPS) is 22.9. The maximum Gasteiger partial charge on any atom is 0.254 e. The van der Waals surface area contributed by atoms with Crippen LogP contribution in [-0.2, 0) is 16.1 Å². The Balaban J connectivity index is 1.54. The number of rotatable bonds is 12. The average molecular weight is 551 g/mol. The highest BCUT2D eigenvalue weighted by Crippen LogP contribution is 2.30. The Labute approximate surface area is 239 Å². The lowest BCUT2D eigenvalue weighted by Crippen LogP contribution is -2.47. The van der Waals surface area contributed by atoms with E-state index < -0.39 is 6.04 Å². The van der Waals surface area contributed by atoms with Gasteiger partial charge in [-0.25, -0.2) is 0 Å². The lowest BCUT2D eigenvalue weighted by molar-refractivity contribution is -0.125. The number of nitrogens with two attached hydrogens (primary N) is 1. The molecule has 4 unspecified atom stereocenters. The van der Waals surface area contributed by atoms with Gasteiger partial charge in [0.05, 0.1) is 13.7 Å². The molecule has 2 aliphatic rings. The van der Waals surface area contributed by atoms with Crippen LogP contribution in [0, 0.1) is 18.8 Å². The van der Waals surface area contributed by atoms with E-state index in [1.165, 1.54) is 17.5 Å². The van der Waals surface area contributed by atoms with Crippen molar-refractivity contribution in [3.63, 3.8) is 0 Å². The summed E-state index contributed by atoms with van der Waals surface area (Å²) in [4.78, 5) is 31.7. The average Bonchev–Trinajstić information content (AvgIpc) is 3.44. The quantitative estimate of drug-likeness (QED) is 0.419. The highest BCUT2D eigenvalue weighted by atomic mass is 16.5. The number of amides is 2. The fourth-order valence-electron chi connectivity index (χ4n) is 6.24. The Hall–Kier alpha value is -2.94. The molecule has 40 heavy (non-hydrogen) atoms. The number of nitrogens with one attached hydrogen (secondary N) is 1. The maximum atomic E-state index is 13.8. The van der Waals surface area contributed by atoms with Crippen LogP contribution in [0.2, 0.25) is 0 Å². The zero-order valence-electron chi connectivity index (χ0n) is 24.3. The van der Waals surface area contributed by atoms with Crippen molar-refractivity contribution in [1.29, 1.82) is 0 Å². The molecular formula is C32H46N4O4. The minimum atomic E-state index is -0.542. The Morgan fingerprint density at radius 1 is 1.07 bits per heavy atom. The zero-order chi connectivity index (χ0) is 28.5. The topological polar surface area (TPSA) is 97.1 Å². The first-order valence-corrected chi connectivity index (χ1v) is 14.6. The van der Waals surface area contributed by atoms with E-state index >= 15 is 0 Å². The van der Waals surface area contributed by atoms with Gasteiger partial charge in [-0.1, -0.05) is 36.8 Å². The van der Waals surface area contributed by atoms with Gasteiger partial charge in [0, 0.05) is 44.9 Å². The molecule has 2 fully saturated rings. The smallest absolute Gasteiger partial charge is 0.254 e. The second kappa shape index (κ2) is 14.6. The highest BCUT2D eigenvalue weighted by molar-refractivity contribution is 5.98. The Morgan fingerprint density at radius 2 is 1.88 bits per heavy atom. The number of hydrogen-bond acceptors (Lipinski definition) is 6. The van der Waals surface area contributed by atoms with Crippen molar-refractivity contribution in [3.8, 4) is 5.75 Å². The molecule has 1 aliphatic carbocycles. The van der Waals surface area contributed by atoms with Gasteiger partial charge in [0.15, 0.2) is 0 Å². The van der Waals surface area contributed by atoms with Gasteiger partial charge in [0.25, 0.3) is 5.91 Å². The lowest BCUT2D eigenvalue weighted by atomic mass is 9.81. The first kappa shape index (κ1) is 30.0. The van der Waals surface area contributed by atoms with Crippen LogP contribution in [0.3, 0.4) is 0 Å². The summed E-state index contributed by atoms with van der Waals surface area (Å²) in [5, 5.41) is 3.22. The molecule has 2 aromatic rings. The number of carbonyl (C=O) groups excluding carboxylic acids is 2. The number of ether oxygens (including phenoxy) is 2. The zero-order valence-corrected chi connectivity index (χ0v) is 24.3. The molecule has 4 atom stereocenters. The molecule has 8 nitrogen and oxygen atoms in total. The van der Waals surface area contributed by atoms with Crippen LogP contribution in [0.1, 0.15) is 53.6 Å². The fraction of sp³-hybridized carbons (Fsp3) is 0.562. The summed E-state index contributed by atoms with van der Waals surface area (Å²) in [6, 6.07) is 15.0. The molecule has 1 saturated carbocycles. The largest absolute Gasteiger partial charge is 0.497 e. The van der Waals surface area contributed by atoms with Gasteiger partial charge < -0.3 is 25.4 Å². The van der Waals surface area contributed by atoms with Crippen molar-refractivity contribution in [1.82, 2.24) is 15.1 Å². The molecule has 2 aromatic carbocycles. The predicted octanol–water partition coefficient (Wildman–Crippen LogP) is 3.62. The van der Waals surface area contributed by atoms with Crippen molar-refractivity contribution >= 4 is 11.8 Å². The van der Waals surface area contributed by atoms with E-state index in [2.05, 4.69) is 35.3 Å². The molecule has 1 heterocycles. The van der Waals surface area contributed by atoms with E-state index in [4.69, 9.17) is 15.2 Å². The third-order valence-corrected chi connectivity index (χ3v) is 8.68. The van der Waals surface area contributed by atoms with Gasteiger partial charge >= 0.3 is 0 Å². The fourth-order valence-corrected chi connectivity index (χ4v) is 6.24. The molecule has 2 amide bonds. The van der Waals surface area contributed by atoms with Crippen molar-refractivity contribution in [2.45, 2.75) is 57.7 Å². The van der Waals surface area contributed by atoms with Crippen molar-refractivity contribution in [3.05, 3.63) is 65.2 Å². The standard InChI is InChI=1S/C32H46N4O4/c1-23-8-4-5-11-27(23)21-35(14-15-39-2)28-18-30(31(37)34-20-25-10-6-9-24(16-25)19-33)36(22-28)32(38)26-12-7-13-29(17-26)40-3/h4-5,7-8,11-13,17,24-25,28,30H,6,9-10,14-16,18-22,33H2,1-3H3,(H,34,37). The van der Waals surface area contributed by atoms with E-state index in [0.29, 0.717) is 62.4 Å². The molecule has 0 bridgehead atoms. The number of benzene rings is 2. The summed E-state index contributed by atoms with van der Waals surface area (Å²) in [7, 11) is 3.29. The predicted molar refractivity (Wildman–Crippen MR) is 157 cm³/mol. The van der Waals surface area contributed by atoms with Gasteiger partial charge in [-0.15, -0.1) is 0 Å².